The molecule has 1 aliphatic carbocycles. The summed E-state index contributed by atoms with van der Waals surface area (Å²) in [6.07, 6.45) is 6.82. The maximum absolute atomic E-state index is 14.8. The second kappa shape index (κ2) is 17.4. The van der Waals surface area contributed by atoms with Crippen molar-refractivity contribution in [1.82, 2.24) is 10.2 Å². The molecule has 14 nitrogen and oxygen atoms in total. The van der Waals surface area contributed by atoms with E-state index >= 15 is 0 Å². The Morgan fingerprint density at radius 2 is 1.54 bits per heavy atom. The monoisotopic (exact) mass is 792 g/mol. The number of methoxy groups -OCH3 is 1. The van der Waals surface area contributed by atoms with E-state index in [1.807, 2.05) is 0 Å². The highest BCUT2D eigenvalue weighted by Gasteiger charge is 2.53. The van der Waals surface area contributed by atoms with Crippen LogP contribution in [0, 0.1) is 30.6 Å². The number of allylic oxidation sites excluding steroid dienone is 4. The number of aliphatic hydroxyl groups is 2. The van der Waals surface area contributed by atoms with Crippen LogP contribution in [0.3, 0.4) is 0 Å². The van der Waals surface area contributed by atoms with Crippen LogP contribution in [0.4, 0.5) is 0 Å². The molecule has 5 bridgehead atoms. The Hall–Kier alpha value is -4.79. The summed E-state index contributed by atoms with van der Waals surface area (Å²) in [5.74, 6) is -8.81. The minimum absolute atomic E-state index is 0.0240. The third kappa shape index (κ3) is 8.30. The van der Waals surface area contributed by atoms with Gasteiger partial charge in [-0.3, -0.25) is 24.0 Å². The van der Waals surface area contributed by atoms with Crippen molar-refractivity contribution in [3.8, 4) is 11.5 Å². The lowest BCUT2D eigenvalue weighted by Gasteiger charge is -2.38. The number of aliphatic hydroxyl groups excluding tert-OH is 2. The van der Waals surface area contributed by atoms with Crippen LogP contribution in [0.5, 0.6) is 11.5 Å². The van der Waals surface area contributed by atoms with E-state index in [9.17, 15) is 39.3 Å². The number of hydrogen-bond donors (Lipinski definition) is 4. The number of amides is 1. The van der Waals surface area contributed by atoms with Gasteiger partial charge in [0.1, 0.15) is 29.0 Å². The highest BCUT2D eigenvalue weighted by atomic mass is 16.7. The van der Waals surface area contributed by atoms with Crippen LogP contribution < -0.4 is 10.1 Å². The van der Waals surface area contributed by atoms with E-state index < -0.39 is 94.4 Å². The molecule has 4 N–H and O–H groups in total. The number of carbonyl (C=O) groups excluding carboxylic acids is 5. The predicted molar refractivity (Wildman–Crippen MR) is 208 cm³/mol. The van der Waals surface area contributed by atoms with E-state index in [2.05, 4.69) is 5.32 Å². The molecule has 9 atom stereocenters. The summed E-state index contributed by atoms with van der Waals surface area (Å²) in [6, 6.07) is 0. The molecule has 0 saturated carbocycles. The van der Waals surface area contributed by atoms with Crippen LogP contribution >= 0.6 is 0 Å². The summed E-state index contributed by atoms with van der Waals surface area (Å²) in [7, 11) is 1.44. The Balaban J connectivity index is 1.68. The lowest BCUT2D eigenvalue weighted by atomic mass is 9.78. The number of hydrogen-bond acceptors (Lipinski definition) is 13. The van der Waals surface area contributed by atoms with E-state index in [1.165, 1.54) is 53.2 Å². The van der Waals surface area contributed by atoms with Crippen molar-refractivity contribution >= 4 is 29.2 Å². The topological polar surface area (TPSA) is 198 Å². The standard InChI is InChI=1S/C43H56N2O12/c1-21-15-14-16-22(2)42(53)44-32-33(45-18-12-10-11-13-19-45)38(51)29-30(37(32)50)36(49)26(6)40-31(29)41(52)43(8,57-40)55-20-17-28(54-9)23(3)39(56-27(7)46)25(5)35(48)24(4)34(21)47/h14-17,20-21,23-25,28,34-35,39,47-49H,10-13,18-19H2,1-9H3,(H,44,53). The molecule has 1 aromatic carbocycles. The van der Waals surface area contributed by atoms with Crippen LogP contribution in [0.25, 0.3) is 0 Å². The van der Waals surface area contributed by atoms with Gasteiger partial charge in [0, 0.05) is 68.9 Å². The summed E-state index contributed by atoms with van der Waals surface area (Å²) in [6.45, 7) is 13.3. The van der Waals surface area contributed by atoms with Crippen molar-refractivity contribution in [3.63, 3.8) is 0 Å². The number of ether oxygens (including phenoxy) is 4. The van der Waals surface area contributed by atoms with Gasteiger partial charge in [-0.05, 0) is 32.8 Å². The quantitative estimate of drug-likeness (QED) is 0.304. The molecule has 310 valence electrons. The number of phenolic OH excluding ortho intramolecular Hbond substituents is 1. The minimum Gasteiger partial charge on any atom is -0.507 e. The Morgan fingerprint density at radius 3 is 2.16 bits per heavy atom. The number of benzene rings is 1. The smallest absolute Gasteiger partial charge is 0.312 e. The zero-order chi connectivity index (χ0) is 42.1. The number of fused-ring (bicyclic) bond motifs is 14. The third-order valence-electron chi connectivity index (χ3n) is 11.9. The lowest BCUT2D eigenvalue weighted by molar-refractivity contribution is -0.160. The molecule has 9 unspecified atom stereocenters. The van der Waals surface area contributed by atoms with E-state index in [1.54, 1.807) is 44.7 Å². The fourth-order valence-electron chi connectivity index (χ4n) is 8.27. The van der Waals surface area contributed by atoms with Crippen LogP contribution in [0.2, 0.25) is 0 Å². The Bertz CT molecular complexity index is 1920. The number of nitrogens with zero attached hydrogens (tertiary/aromatic N) is 1. The Kier molecular flexibility index (Phi) is 13.2. The summed E-state index contributed by atoms with van der Waals surface area (Å²) in [5, 5.41) is 37.0. The summed E-state index contributed by atoms with van der Waals surface area (Å²) in [5.41, 5.74) is -1.16. The molecule has 1 saturated heterocycles. The average molecular weight is 793 g/mol. The fraction of sp³-hybridized carbons (Fsp3) is 0.558. The second-order valence-electron chi connectivity index (χ2n) is 15.9. The maximum Gasteiger partial charge on any atom is 0.312 e. The van der Waals surface area contributed by atoms with Gasteiger partial charge in [0.2, 0.25) is 11.6 Å². The van der Waals surface area contributed by atoms with Crippen molar-refractivity contribution < 1.29 is 58.2 Å². The number of rotatable bonds is 3. The molecule has 5 aliphatic rings. The zero-order valence-corrected chi connectivity index (χ0v) is 34.2. The second-order valence-corrected chi connectivity index (χ2v) is 15.9. The Morgan fingerprint density at radius 1 is 0.895 bits per heavy atom. The molecule has 0 aromatic heterocycles. The number of aromatic hydroxyl groups is 1. The molecule has 0 radical (unpaired) electrons. The van der Waals surface area contributed by atoms with Gasteiger partial charge >= 0.3 is 11.8 Å². The lowest BCUT2D eigenvalue weighted by Crippen LogP contribution is -2.46. The normalized spacial score (nSPS) is 31.7. The van der Waals surface area contributed by atoms with Gasteiger partial charge in [-0.2, -0.15) is 0 Å². The third-order valence-corrected chi connectivity index (χ3v) is 11.9. The number of ketones is 3. The number of nitrogens with one attached hydrogen (secondary N) is 1. The van der Waals surface area contributed by atoms with Gasteiger partial charge in [-0.15, -0.1) is 0 Å². The number of Topliss-reactive ketones (excluding diaryl/α,β-unsaturated/α-hetero) is 3. The summed E-state index contributed by atoms with van der Waals surface area (Å²) < 4.78 is 23.6. The van der Waals surface area contributed by atoms with Gasteiger partial charge in [0.25, 0.3) is 11.7 Å². The van der Waals surface area contributed by atoms with Crippen LogP contribution in [0.15, 0.2) is 47.5 Å². The van der Waals surface area contributed by atoms with Crippen molar-refractivity contribution in [2.24, 2.45) is 23.7 Å². The first-order valence-electron chi connectivity index (χ1n) is 19.6. The first kappa shape index (κ1) is 43.3. The van der Waals surface area contributed by atoms with E-state index in [0.29, 0.717) is 13.1 Å². The Labute approximate surface area is 333 Å². The highest BCUT2D eigenvalue weighted by Crippen LogP contribution is 2.49. The van der Waals surface area contributed by atoms with Crippen LogP contribution in [-0.4, -0.2) is 99.8 Å². The van der Waals surface area contributed by atoms with E-state index in [0.717, 1.165) is 25.7 Å². The molecule has 14 heteroatoms. The molecule has 1 amide bonds. The largest absolute Gasteiger partial charge is 0.507 e. The molecular formula is C43H56N2O12. The van der Waals surface area contributed by atoms with Crippen molar-refractivity contribution in [2.75, 3.05) is 20.2 Å². The molecule has 57 heavy (non-hydrogen) atoms. The van der Waals surface area contributed by atoms with Gasteiger partial charge < -0.3 is 44.5 Å². The summed E-state index contributed by atoms with van der Waals surface area (Å²) >= 11 is 0. The SMILES string of the molecule is COC1C=COC2(C)Oc3c(C)c(O)c4c(c3C2=O)C(=O)C(N2CCCCCC2)=C(NC(=O)C(C)=CC=CC(C)C(O)C(C)C(O)C(C)C(OC(C)=O)C1C)C4=O. The first-order valence-corrected chi connectivity index (χ1v) is 19.6. The number of likely N-dealkylation sites (tertiary alicyclic amines) is 1. The zero-order valence-electron chi connectivity index (χ0n) is 34.2. The van der Waals surface area contributed by atoms with Crippen LogP contribution in [-0.2, 0) is 23.8 Å². The van der Waals surface area contributed by atoms with Gasteiger partial charge in [-0.25, -0.2) is 0 Å². The molecular weight excluding hydrogens is 736 g/mol. The van der Waals surface area contributed by atoms with Crippen molar-refractivity contribution in [2.45, 2.75) is 111 Å². The molecule has 4 heterocycles. The fourth-order valence-corrected chi connectivity index (χ4v) is 8.27. The number of esters is 1. The highest BCUT2D eigenvalue weighted by molar-refractivity contribution is 6.32. The number of carbonyl (C=O) groups is 5. The molecule has 1 fully saturated rings. The van der Waals surface area contributed by atoms with Crippen molar-refractivity contribution in [1.29, 1.82) is 0 Å². The first-order chi connectivity index (χ1) is 26.9. The predicted octanol–water partition coefficient (Wildman–Crippen LogP) is 4.83. The van der Waals surface area contributed by atoms with E-state index in [4.69, 9.17) is 18.9 Å². The van der Waals surface area contributed by atoms with Crippen molar-refractivity contribution in [3.05, 3.63) is 69.8 Å². The van der Waals surface area contributed by atoms with Crippen LogP contribution in [0.1, 0.15) is 111 Å². The number of phenols is 1. The average Bonchev–Trinajstić information content (AvgIpc) is 3.31. The minimum atomic E-state index is -2.05. The maximum atomic E-state index is 14.8. The molecule has 4 aliphatic heterocycles. The van der Waals surface area contributed by atoms with Gasteiger partial charge in [-0.1, -0.05) is 58.8 Å². The molecule has 6 rings (SSSR count). The van der Waals surface area contributed by atoms with E-state index in [-0.39, 0.29) is 39.4 Å². The van der Waals surface area contributed by atoms with Gasteiger partial charge in [0.05, 0.1) is 41.3 Å². The summed E-state index contributed by atoms with van der Waals surface area (Å²) in [4.78, 5) is 71.5. The molecule has 0 spiro atoms. The van der Waals surface area contributed by atoms with Gasteiger partial charge in [0.15, 0.2) is 0 Å². The molecule has 1 aromatic rings.